The summed E-state index contributed by atoms with van der Waals surface area (Å²) in [5.74, 6) is -0.0738. The lowest BCUT2D eigenvalue weighted by atomic mass is 10.0. The predicted molar refractivity (Wildman–Crippen MR) is 91.0 cm³/mol. The Morgan fingerprint density at radius 3 is 1.86 bits per heavy atom. The summed E-state index contributed by atoms with van der Waals surface area (Å²) in [6.07, 6.45) is 18.4. The zero-order valence-electron chi connectivity index (χ0n) is 14.8. The van der Waals surface area contributed by atoms with E-state index >= 15 is 0 Å². The van der Waals surface area contributed by atoms with Crippen LogP contribution in [0.2, 0.25) is 0 Å². The molecule has 0 bridgehead atoms. The second-order valence-corrected chi connectivity index (χ2v) is 6.65. The van der Waals surface area contributed by atoms with Gasteiger partial charge in [0.15, 0.2) is 0 Å². The molecule has 3 heteroatoms. The molecule has 0 saturated carbocycles. The summed E-state index contributed by atoms with van der Waals surface area (Å²) in [6, 6.07) is 0. The van der Waals surface area contributed by atoms with Crippen LogP contribution in [0.1, 0.15) is 96.8 Å². The number of ether oxygens (including phenoxy) is 2. The molecule has 1 aliphatic rings. The minimum atomic E-state index is -0.0738. The molecule has 2 atom stereocenters. The van der Waals surface area contributed by atoms with Crippen LogP contribution < -0.4 is 0 Å². The monoisotopic (exact) mass is 312 g/mol. The van der Waals surface area contributed by atoms with Crippen molar-refractivity contribution in [2.75, 3.05) is 7.11 Å². The largest absolute Gasteiger partial charge is 0.469 e. The molecule has 1 rings (SSSR count). The molecule has 22 heavy (non-hydrogen) atoms. The van der Waals surface area contributed by atoms with Crippen molar-refractivity contribution in [2.24, 2.45) is 0 Å². The highest BCUT2D eigenvalue weighted by molar-refractivity contribution is 5.68. The highest BCUT2D eigenvalue weighted by Gasteiger charge is 2.36. The van der Waals surface area contributed by atoms with Crippen molar-refractivity contribution in [3.8, 4) is 0 Å². The molecule has 0 aromatic rings. The van der Waals surface area contributed by atoms with Crippen LogP contribution in [0, 0.1) is 0 Å². The van der Waals surface area contributed by atoms with Gasteiger partial charge >= 0.3 is 5.97 Å². The number of methoxy groups -OCH3 is 1. The Hall–Kier alpha value is -0.570. The zero-order valence-corrected chi connectivity index (χ0v) is 14.8. The first-order valence-corrected chi connectivity index (χ1v) is 9.50. The molecular weight excluding hydrogens is 276 g/mol. The van der Waals surface area contributed by atoms with Gasteiger partial charge in [0.05, 0.1) is 19.3 Å². The first-order chi connectivity index (χ1) is 10.8. The summed E-state index contributed by atoms with van der Waals surface area (Å²) in [5, 5.41) is 0. The molecule has 0 N–H and O–H groups in total. The molecule has 0 aromatic heterocycles. The summed E-state index contributed by atoms with van der Waals surface area (Å²) in [5.41, 5.74) is 0. The predicted octanol–water partition coefficient (Wildman–Crippen LogP) is 5.41. The van der Waals surface area contributed by atoms with Gasteiger partial charge in [-0.2, -0.15) is 0 Å². The molecule has 3 nitrogen and oxygen atoms in total. The molecule has 0 aliphatic carbocycles. The Kier molecular flexibility index (Phi) is 11.4. The molecule has 1 saturated heterocycles. The summed E-state index contributed by atoms with van der Waals surface area (Å²) >= 11 is 0. The van der Waals surface area contributed by atoms with E-state index < -0.39 is 0 Å². The first-order valence-electron chi connectivity index (χ1n) is 9.50. The quantitative estimate of drug-likeness (QED) is 0.230. The van der Waals surface area contributed by atoms with Crippen LogP contribution in [0.15, 0.2) is 0 Å². The van der Waals surface area contributed by atoms with Gasteiger partial charge in [-0.15, -0.1) is 0 Å². The number of epoxide rings is 1. The van der Waals surface area contributed by atoms with E-state index in [-0.39, 0.29) is 5.97 Å². The lowest BCUT2D eigenvalue weighted by molar-refractivity contribution is -0.140. The van der Waals surface area contributed by atoms with Gasteiger partial charge < -0.3 is 9.47 Å². The number of carbonyl (C=O) groups is 1. The second-order valence-electron chi connectivity index (χ2n) is 6.65. The van der Waals surface area contributed by atoms with Crippen LogP contribution in [0.4, 0.5) is 0 Å². The molecule has 130 valence electrons. The van der Waals surface area contributed by atoms with Crippen molar-refractivity contribution >= 4 is 5.97 Å². The lowest BCUT2D eigenvalue weighted by Crippen LogP contribution is -1.99. The summed E-state index contributed by atoms with van der Waals surface area (Å²) < 4.78 is 10.4. The second kappa shape index (κ2) is 12.9. The van der Waals surface area contributed by atoms with Crippen LogP contribution in [0.5, 0.6) is 0 Å². The fraction of sp³-hybridized carbons (Fsp3) is 0.947. The normalized spacial score (nSPS) is 20.1. The maximum absolute atomic E-state index is 10.9. The van der Waals surface area contributed by atoms with Crippen molar-refractivity contribution in [1.82, 2.24) is 0 Å². The van der Waals surface area contributed by atoms with Crippen molar-refractivity contribution in [1.29, 1.82) is 0 Å². The molecule has 0 radical (unpaired) electrons. The standard InChI is InChI=1S/C19H36O3/c1-3-4-11-14-17-18(22-17)15-12-9-7-5-6-8-10-13-16-19(20)21-2/h17-18H,3-16H2,1-2H3/t17-,18+/m1/s1. The van der Waals surface area contributed by atoms with Crippen LogP contribution >= 0.6 is 0 Å². The average Bonchev–Trinajstić information content (AvgIpc) is 3.27. The van der Waals surface area contributed by atoms with Crippen LogP contribution in [0.3, 0.4) is 0 Å². The number of carbonyl (C=O) groups excluding carboxylic acids is 1. The van der Waals surface area contributed by atoms with Crippen LogP contribution in [-0.4, -0.2) is 25.3 Å². The van der Waals surface area contributed by atoms with Gasteiger partial charge in [0.1, 0.15) is 0 Å². The maximum atomic E-state index is 10.9. The van der Waals surface area contributed by atoms with E-state index in [1.165, 1.54) is 77.7 Å². The Bertz CT molecular complexity index is 278. The van der Waals surface area contributed by atoms with Crippen molar-refractivity contribution in [2.45, 2.75) is 109 Å². The third kappa shape index (κ3) is 10.2. The molecule has 0 spiro atoms. The topological polar surface area (TPSA) is 38.8 Å². The summed E-state index contributed by atoms with van der Waals surface area (Å²) in [6.45, 7) is 2.25. The molecular formula is C19H36O3. The zero-order chi connectivity index (χ0) is 16.0. The number of hydrogen-bond acceptors (Lipinski definition) is 3. The Morgan fingerprint density at radius 2 is 1.32 bits per heavy atom. The van der Waals surface area contributed by atoms with Crippen molar-refractivity contribution < 1.29 is 14.3 Å². The highest BCUT2D eigenvalue weighted by atomic mass is 16.6. The number of esters is 1. The molecule has 1 heterocycles. The van der Waals surface area contributed by atoms with E-state index in [1.54, 1.807) is 0 Å². The highest BCUT2D eigenvalue weighted by Crippen LogP contribution is 2.31. The van der Waals surface area contributed by atoms with Gasteiger partial charge in [-0.1, -0.05) is 71.1 Å². The third-order valence-corrected chi connectivity index (χ3v) is 4.63. The molecule has 0 amide bonds. The minimum Gasteiger partial charge on any atom is -0.469 e. The van der Waals surface area contributed by atoms with Gasteiger partial charge in [-0.05, 0) is 19.3 Å². The number of hydrogen-bond donors (Lipinski definition) is 0. The van der Waals surface area contributed by atoms with Crippen LogP contribution in [0.25, 0.3) is 0 Å². The molecule has 0 aromatic carbocycles. The van der Waals surface area contributed by atoms with Gasteiger partial charge in [-0.25, -0.2) is 0 Å². The Balaban J connectivity index is 1.73. The molecule has 1 aliphatic heterocycles. The van der Waals surface area contributed by atoms with E-state index in [4.69, 9.17) is 4.74 Å². The summed E-state index contributed by atoms with van der Waals surface area (Å²) in [7, 11) is 1.46. The van der Waals surface area contributed by atoms with Gasteiger partial charge in [0, 0.05) is 6.42 Å². The fourth-order valence-electron chi connectivity index (χ4n) is 3.06. The Morgan fingerprint density at radius 1 is 0.818 bits per heavy atom. The van der Waals surface area contributed by atoms with Gasteiger partial charge in [-0.3, -0.25) is 4.79 Å². The SMILES string of the molecule is CCCCC[C@H]1O[C@H]1CCCCCCCCCCC(=O)OC. The van der Waals surface area contributed by atoms with Gasteiger partial charge in [0.2, 0.25) is 0 Å². The van der Waals surface area contributed by atoms with Gasteiger partial charge in [0.25, 0.3) is 0 Å². The van der Waals surface area contributed by atoms with E-state index in [2.05, 4.69) is 11.7 Å². The summed E-state index contributed by atoms with van der Waals surface area (Å²) in [4.78, 5) is 10.9. The first kappa shape index (κ1) is 19.5. The van der Waals surface area contributed by atoms with E-state index in [9.17, 15) is 4.79 Å². The smallest absolute Gasteiger partial charge is 0.305 e. The van der Waals surface area contributed by atoms with E-state index in [1.807, 2.05) is 0 Å². The van der Waals surface area contributed by atoms with Crippen molar-refractivity contribution in [3.63, 3.8) is 0 Å². The van der Waals surface area contributed by atoms with Crippen molar-refractivity contribution in [3.05, 3.63) is 0 Å². The number of unbranched alkanes of at least 4 members (excludes halogenated alkanes) is 9. The lowest BCUT2D eigenvalue weighted by Gasteiger charge is -2.02. The van der Waals surface area contributed by atoms with Crippen LogP contribution in [-0.2, 0) is 14.3 Å². The van der Waals surface area contributed by atoms with E-state index in [0.717, 1.165) is 12.8 Å². The molecule has 0 unspecified atom stereocenters. The maximum Gasteiger partial charge on any atom is 0.305 e. The minimum absolute atomic E-state index is 0.0738. The fourth-order valence-corrected chi connectivity index (χ4v) is 3.06. The number of rotatable bonds is 15. The Labute approximate surface area is 137 Å². The molecule has 1 fully saturated rings. The van der Waals surface area contributed by atoms with E-state index in [0.29, 0.717) is 18.6 Å². The average molecular weight is 312 g/mol. The third-order valence-electron chi connectivity index (χ3n) is 4.63.